The van der Waals surface area contributed by atoms with E-state index in [1.807, 2.05) is 53.8 Å². The van der Waals surface area contributed by atoms with Crippen molar-refractivity contribution in [2.24, 2.45) is 0 Å². The Hall–Kier alpha value is -1.84. The molecule has 102 valence electrons. The molecule has 0 radical (unpaired) electrons. The quantitative estimate of drug-likeness (QED) is 0.798. The number of aromatic nitrogens is 2. The number of hydrogen-bond acceptors (Lipinski definition) is 2. The highest BCUT2D eigenvalue weighted by Crippen LogP contribution is 2.27. The molecule has 0 spiro atoms. The van der Waals surface area contributed by atoms with Crippen molar-refractivity contribution in [3.8, 4) is 0 Å². The summed E-state index contributed by atoms with van der Waals surface area (Å²) < 4.78 is 1.87. The van der Waals surface area contributed by atoms with Gasteiger partial charge in [0.2, 0.25) is 0 Å². The molecule has 0 aliphatic heterocycles. The molecule has 3 rings (SSSR count). The van der Waals surface area contributed by atoms with Crippen LogP contribution in [-0.4, -0.2) is 14.5 Å². The van der Waals surface area contributed by atoms with Crippen LogP contribution < -0.4 is 0 Å². The van der Waals surface area contributed by atoms with E-state index in [1.165, 1.54) is 0 Å². The standard InChI is InChI=1S/C16H15ClN2O/c1-2-13-15(16(20)11-6-4-3-5-7-11)19-10-12(17)8-9-14(19)18-13/h3-10,16,20H,2H2,1H3. The molecule has 1 aromatic carbocycles. The largest absolute Gasteiger partial charge is 0.382 e. The van der Waals surface area contributed by atoms with Gasteiger partial charge in [-0.15, -0.1) is 0 Å². The van der Waals surface area contributed by atoms with Crippen LogP contribution in [0.5, 0.6) is 0 Å². The monoisotopic (exact) mass is 286 g/mol. The SMILES string of the molecule is CCc1nc2ccc(Cl)cn2c1C(O)c1ccccc1. The second kappa shape index (κ2) is 5.27. The normalized spacial score (nSPS) is 12.8. The number of aryl methyl sites for hydroxylation is 1. The molecular weight excluding hydrogens is 272 g/mol. The van der Waals surface area contributed by atoms with E-state index >= 15 is 0 Å². The first-order valence-electron chi connectivity index (χ1n) is 6.60. The van der Waals surface area contributed by atoms with Gasteiger partial charge in [-0.2, -0.15) is 0 Å². The lowest BCUT2D eigenvalue weighted by Gasteiger charge is -2.13. The van der Waals surface area contributed by atoms with Gasteiger partial charge >= 0.3 is 0 Å². The molecule has 0 fully saturated rings. The molecule has 0 saturated carbocycles. The number of benzene rings is 1. The lowest BCUT2D eigenvalue weighted by molar-refractivity contribution is 0.213. The third kappa shape index (κ3) is 2.19. The van der Waals surface area contributed by atoms with Gasteiger partial charge < -0.3 is 5.11 Å². The Labute approximate surface area is 122 Å². The molecule has 0 aliphatic rings. The topological polar surface area (TPSA) is 37.5 Å². The van der Waals surface area contributed by atoms with E-state index in [2.05, 4.69) is 4.98 Å². The van der Waals surface area contributed by atoms with E-state index in [-0.39, 0.29) is 0 Å². The molecule has 0 aliphatic carbocycles. The van der Waals surface area contributed by atoms with Crippen molar-refractivity contribution in [3.05, 3.63) is 70.6 Å². The Morgan fingerprint density at radius 2 is 1.95 bits per heavy atom. The van der Waals surface area contributed by atoms with Crippen LogP contribution in [0.3, 0.4) is 0 Å². The Bertz CT molecular complexity index is 737. The lowest BCUT2D eigenvalue weighted by atomic mass is 10.0. The summed E-state index contributed by atoms with van der Waals surface area (Å²) in [5.41, 5.74) is 3.33. The summed E-state index contributed by atoms with van der Waals surface area (Å²) in [5.74, 6) is 0. The van der Waals surface area contributed by atoms with E-state index in [0.717, 1.165) is 29.0 Å². The van der Waals surface area contributed by atoms with Gasteiger partial charge in [0.15, 0.2) is 0 Å². The highest BCUT2D eigenvalue weighted by molar-refractivity contribution is 6.30. The molecule has 2 aromatic heterocycles. The van der Waals surface area contributed by atoms with Crippen LogP contribution in [0.15, 0.2) is 48.7 Å². The third-order valence-electron chi connectivity index (χ3n) is 3.40. The number of aliphatic hydroxyl groups excluding tert-OH is 1. The fraction of sp³-hybridized carbons (Fsp3) is 0.188. The third-order valence-corrected chi connectivity index (χ3v) is 3.63. The van der Waals surface area contributed by atoms with E-state index in [4.69, 9.17) is 11.6 Å². The zero-order chi connectivity index (χ0) is 14.1. The average molecular weight is 287 g/mol. The van der Waals surface area contributed by atoms with Crippen molar-refractivity contribution < 1.29 is 5.11 Å². The van der Waals surface area contributed by atoms with Gasteiger partial charge in [-0.3, -0.25) is 4.40 Å². The summed E-state index contributed by atoms with van der Waals surface area (Å²) in [5, 5.41) is 11.3. The summed E-state index contributed by atoms with van der Waals surface area (Å²) in [6.07, 6.45) is 1.85. The predicted molar refractivity (Wildman–Crippen MR) is 80.1 cm³/mol. The molecule has 2 heterocycles. The minimum atomic E-state index is -0.709. The van der Waals surface area contributed by atoms with E-state index in [9.17, 15) is 5.11 Å². The number of pyridine rings is 1. The smallest absolute Gasteiger partial charge is 0.137 e. The molecule has 0 bridgehead atoms. The summed E-state index contributed by atoms with van der Waals surface area (Å²) in [6.45, 7) is 2.03. The molecule has 1 unspecified atom stereocenters. The summed E-state index contributed by atoms with van der Waals surface area (Å²) >= 11 is 6.06. The summed E-state index contributed by atoms with van der Waals surface area (Å²) in [4.78, 5) is 4.56. The van der Waals surface area contributed by atoms with Gasteiger partial charge in [-0.1, -0.05) is 48.9 Å². The number of fused-ring (bicyclic) bond motifs is 1. The fourth-order valence-electron chi connectivity index (χ4n) is 2.43. The maximum absolute atomic E-state index is 10.7. The van der Waals surface area contributed by atoms with Crippen LogP contribution >= 0.6 is 11.6 Å². The van der Waals surface area contributed by atoms with E-state index in [0.29, 0.717) is 5.02 Å². The average Bonchev–Trinajstić information content (AvgIpc) is 2.85. The van der Waals surface area contributed by atoms with Crippen LogP contribution in [-0.2, 0) is 6.42 Å². The van der Waals surface area contributed by atoms with Crippen LogP contribution in [0, 0.1) is 0 Å². The van der Waals surface area contributed by atoms with Gasteiger partial charge in [0.1, 0.15) is 11.8 Å². The highest BCUT2D eigenvalue weighted by atomic mass is 35.5. The molecule has 3 aromatic rings. The Kier molecular flexibility index (Phi) is 3.47. The van der Waals surface area contributed by atoms with Crippen LogP contribution in [0.1, 0.15) is 30.0 Å². The number of rotatable bonds is 3. The molecule has 1 N–H and O–H groups in total. The maximum atomic E-state index is 10.7. The minimum absolute atomic E-state index is 0.624. The van der Waals surface area contributed by atoms with Crippen molar-refractivity contribution in [1.29, 1.82) is 0 Å². The van der Waals surface area contributed by atoms with Gasteiger partial charge in [0, 0.05) is 6.20 Å². The maximum Gasteiger partial charge on any atom is 0.137 e. The number of nitrogens with zero attached hydrogens (tertiary/aromatic N) is 2. The second-order valence-corrected chi connectivity index (χ2v) is 5.12. The first-order chi connectivity index (χ1) is 9.70. The van der Waals surface area contributed by atoms with Crippen LogP contribution in [0.4, 0.5) is 0 Å². The number of imidazole rings is 1. The predicted octanol–water partition coefficient (Wildman–Crippen LogP) is 3.63. The Morgan fingerprint density at radius 3 is 2.65 bits per heavy atom. The first kappa shape index (κ1) is 13.2. The molecule has 0 amide bonds. The second-order valence-electron chi connectivity index (χ2n) is 4.69. The van der Waals surface area contributed by atoms with E-state index < -0.39 is 6.10 Å². The molecule has 4 heteroatoms. The zero-order valence-corrected chi connectivity index (χ0v) is 11.9. The molecule has 1 atom stereocenters. The lowest BCUT2D eigenvalue weighted by Crippen LogP contribution is -2.06. The molecular formula is C16H15ClN2O. The zero-order valence-electron chi connectivity index (χ0n) is 11.1. The Morgan fingerprint density at radius 1 is 1.20 bits per heavy atom. The first-order valence-corrected chi connectivity index (χ1v) is 6.98. The van der Waals surface area contributed by atoms with Gasteiger partial charge in [0.25, 0.3) is 0 Å². The summed E-state index contributed by atoms with van der Waals surface area (Å²) in [7, 11) is 0. The van der Waals surface area contributed by atoms with Crippen molar-refractivity contribution >= 4 is 17.2 Å². The minimum Gasteiger partial charge on any atom is -0.382 e. The Balaban J connectivity index is 2.21. The number of aliphatic hydroxyl groups is 1. The van der Waals surface area contributed by atoms with Gasteiger partial charge in [-0.25, -0.2) is 4.98 Å². The van der Waals surface area contributed by atoms with Gasteiger partial charge in [0.05, 0.1) is 16.4 Å². The van der Waals surface area contributed by atoms with Crippen molar-refractivity contribution in [3.63, 3.8) is 0 Å². The van der Waals surface area contributed by atoms with Crippen molar-refractivity contribution in [2.75, 3.05) is 0 Å². The molecule has 20 heavy (non-hydrogen) atoms. The summed E-state index contributed by atoms with van der Waals surface area (Å²) in [6, 6.07) is 13.3. The number of hydrogen-bond donors (Lipinski definition) is 1. The fourth-order valence-corrected chi connectivity index (χ4v) is 2.59. The number of halogens is 1. The van der Waals surface area contributed by atoms with Crippen LogP contribution in [0.25, 0.3) is 5.65 Å². The molecule has 3 nitrogen and oxygen atoms in total. The van der Waals surface area contributed by atoms with Crippen molar-refractivity contribution in [2.45, 2.75) is 19.4 Å². The van der Waals surface area contributed by atoms with Crippen molar-refractivity contribution in [1.82, 2.24) is 9.38 Å². The highest BCUT2D eigenvalue weighted by Gasteiger charge is 2.20. The molecule has 0 saturated heterocycles. The van der Waals surface area contributed by atoms with E-state index in [1.54, 1.807) is 6.20 Å². The van der Waals surface area contributed by atoms with Gasteiger partial charge in [-0.05, 0) is 24.1 Å². The van der Waals surface area contributed by atoms with Crippen LogP contribution in [0.2, 0.25) is 5.02 Å².